The molecule has 1 aromatic heterocycles. The topological polar surface area (TPSA) is 53.7 Å². The van der Waals surface area contributed by atoms with Gasteiger partial charge in [0, 0.05) is 13.0 Å². The molecule has 0 saturated heterocycles. The zero-order valence-electron chi connectivity index (χ0n) is 12.1. The molecule has 4 nitrogen and oxygen atoms in total. The van der Waals surface area contributed by atoms with Crippen molar-refractivity contribution in [1.82, 2.24) is 4.90 Å². The molecule has 0 bridgehead atoms. The number of hydrogen-bond donors (Lipinski definition) is 1. The highest BCUT2D eigenvalue weighted by Gasteiger charge is 2.33. The van der Waals surface area contributed by atoms with Crippen LogP contribution in [0.3, 0.4) is 0 Å². The van der Waals surface area contributed by atoms with Gasteiger partial charge in [-0.15, -0.1) is 0 Å². The van der Waals surface area contributed by atoms with Crippen LogP contribution in [0.2, 0.25) is 0 Å². The van der Waals surface area contributed by atoms with Crippen LogP contribution < -0.4 is 0 Å². The fraction of sp³-hybridized carbons (Fsp3) is 0.353. The summed E-state index contributed by atoms with van der Waals surface area (Å²) >= 11 is 0. The molecule has 0 radical (unpaired) electrons. The minimum atomic E-state index is -0.801. The largest absolute Gasteiger partial charge is 0.480 e. The third-order valence-electron chi connectivity index (χ3n) is 4.04. The number of carboxylic acids is 1. The molecule has 1 atom stereocenters. The second-order valence-electron chi connectivity index (χ2n) is 5.38. The van der Waals surface area contributed by atoms with Gasteiger partial charge in [-0.2, -0.15) is 0 Å². The van der Waals surface area contributed by atoms with Crippen LogP contribution in [0.1, 0.15) is 35.6 Å². The highest BCUT2D eigenvalue weighted by Crippen LogP contribution is 2.31. The van der Waals surface area contributed by atoms with Crippen LogP contribution in [0.25, 0.3) is 0 Å². The summed E-state index contributed by atoms with van der Waals surface area (Å²) in [6.07, 6.45) is 1.73. The summed E-state index contributed by atoms with van der Waals surface area (Å²) in [5, 5.41) is 9.61. The van der Waals surface area contributed by atoms with Gasteiger partial charge in [0.1, 0.15) is 17.6 Å². The number of fused-ring (bicyclic) bond motifs is 1. The monoisotopic (exact) mass is 285 g/mol. The fourth-order valence-electron chi connectivity index (χ4n) is 2.98. The Labute approximate surface area is 124 Å². The van der Waals surface area contributed by atoms with Crippen LogP contribution in [0.15, 0.2) is 40.8 Å². The normalized spacial score (nSPS) is 18.4. The zero-order valence-corrected chi connectivity index (χ0v) is 12.1. The summed E-state index contributed by atoms with van der Waals surface area (Å²) in [6.45, 7) is 3.31. The molecule has 0 fully saturated rings. The molecule has 0 saturated carbocycles. The first-order chi connectivity index (χ1) is 10.2. The maximum atomic E-state index is 11.7. The van der Waals surface area contributed by atoms with Crippen LogP contribution >= 0.6 is 0 Å². The highest BCUT2D eigenvalue weighted by molar-refractivity contribution is 5.76. The Morgan fingerprint density at radius 1 is 1.29 bits per heavy atom. The Morgan fingerprint density at radius 3 is 2.76 bits per heavy atom. The van der Waals surface area contributed by atoms with E-state index >= 15 is 0 Å². The standard InChI is InChI=1S/C17H19NO3/c1-2-13-7-8-14(21-13)11-18-10-9-12-5-3-4-6-15(12)16(18)17(19)20/h3-8,16H,2,9-11H2,1H3,(H,19,20). The molecule has 2 aromatic rings. The molecule has 1 aliphatic heterocycles. The van der Waals surface area contributed by atoms with Gasteiger partial charge in [-0.05, 0) is 29.7 Å². The van der Waals surface area contributed by atoms with Crippen LogP contribution in [-0.4, -0.2) is 22.5 Å². The fourth-order valence-corrected chi connectivity index (χ4v) is 2.98. The Morgan fingerprint density at radius 2 is 2.05 bits per heavy atom. The van der Waals surface area contributed by atoms with Crippen molar-refractivity contribution in [2.24, 2.45) is 0 Å². The number of carbonyl (C=O) groups is 1. The molecule has 1 unspecified atom stereocenters. The molecule has 1 aromatic carbocycles. The zero-order chi connectivity index (χ0) is 14.8. The predicted molar refractivity (Wildman–Crippen MR) is 79.0 cm³/mol. The van der Waals surface area contributed by atoms with Gasteiger partial charge in [0.15, 0.2) is 0 Å². The molecule has 1 aliphatic rings. The minimum Gasteiger partial charge on any atom is -0.480 e. The molecule has 110 valence electrons. The van der Waals surface area contributed by atoms with Gasteiger partial charge >= 0.3 is 5.97 Å². The van der Waals surface area contributed by atoms with Crippen molar-refractivity contribution in [2.75, 3.05) is 6.54 Å². The summed E-state index contributed by atoms with van der Waals surface area (Å²) in [6, 6.07) is 11.1. The first kappa shape index (κ1) is 13.9. The first-order valence-corrected chi connectivity index (χ1v) is 7.31. The van der Waals surface area contributed by atoms with E-state index < -0.39 is 12.0 Å². The Kier molecular flexibility index (Phi) is 3.80. The van der Waals surface area contributed by atoms with Crippen LogP contribution in [0.5, 0.6) is 0 Å². The Balaban J connectivity index is 1.87. The third-order valence-corrected chi connectivity index (χ3v) is 4.04. The lowest BCUT2D eigenvalue weighted by Gasteiger charge is -2.34. The molecule has 0 spiro atoms. The second-order valence-corrected chi connectivity index (χ2v) is 5.38. The summed E-state index contributed by atoms with van der Waals surface area (Å²) in [4.78, 5) is 13.7. The molecular formula is C17H19NO3. The van der Waals surface area contributed by atoms with E-state index in [2.05, 4.69) is 0 Å². The van der Waals surface area contributed by atoms with E-state index in [4.69, 9.17) is 4.42 Å². The second kappa shape index (κ2) is 5.74. The maximum Gasteiger partial charge on any atom is 0.325 e. The number of aliphatic carboxylic acids is 1. The van der Waals surface area contributed by atoms with Gasteiger partial charge in [-0.3, -0.25) is 9.69 Å². The van der Waals surface area contributed by atoms with Crippen molar-refractivity contribution in [1.29, 1.82) is 0 Å². The number of aryl methyl sites for hydroxylation is 1. The van der Waals surface area contributed by atoms with Crippen molar-refractivity contribution in [3.63, 3.8) is 0 Å². The van der Waals surface area contributed by atoms with E-state index in [1.165, 1.54) is 0 Å². The predicted octanol–water partition coefficient (Wildman–Crippen LogP) is 3.03. The quantitative estimate of drug-likeness (QED) is 0.938. The SMILES string of the molecule is CCc1ccc(CN2CCc3ccccc3C2C(=O)O)o1. The highest BCUT2D eigenvalue weighted by atomic mass is 16.4. The van der Waals surface area contributed by atoms with Crippen LogP contribution in [0.4, 0.5) is 0 Å². The third kappa shape index (κ3) is 2.72. The summed E-state index contributed by atoms with van der Waals surface area (Å²) in [5.41, 5.74) is 2.04. The van der Waals surface area contributed by atoms with Crippen molar-refractivity contribution < 1.29 is 14.3 Å². The van der Waals surface area contributed by atoms with E-state index in [-0.39, 0.29) is 0 Å². The average molecular weight is 285 g/mol. The molecule has 21 heavy (non-hydrogen) atoms. The number of nitrogens with zero attached hydrogens (tertiary/aromatic N) is 1. The number of furan rings is 1. The summed E-state index contributed by atoms with van der Waals surface area (Å²) in [7, 11) is 0. The minimum absolute atomic E-state index is 0.533. The molecule has 0 amide bonds. The lowest BCUT2D eigenvalue weighted by Crippen LogP contribution is -2.39. The van der Waals surface area contributed by atoms with E-state index in [9.17, 15) is 9.90 Å². The molecule has 2 heterocycles. The summed E-state index contributed by atoms with van der Waals surface area (Å²) < 4.78 is 5.72. The first-order valence-electron chi connectivity index (χ1n) is 7.31. The summed E-state index contributed by atoms with van der Waals surface area (Å²) in [5.74, 6) is 0.969. The van der Waals surface area contributed by atoms with Crippen molar-refractivity contribution in [2.45, 2.75) is 32.4 Å². The molecule has 0 aliphatic carbocycles. The van der Waals surface area contributed by atoms with E-state index in [0.29, 0.717) is 6.54 Å². The molecule has 3 rings (SSSR count). The van der Waals surface area contributed by atoms with Gasteiger partial charge in [0.2, 0.25) is 0 Å². The lowest BCUT2D eigenvalue weighted by atomic mass is 9.92. The van der Waals surface area contributed by atoms with Gasteiger partial charge in [-0.25, -0.2) is 0 Å². The van der Waals surface area contributed by atoms with Gasteiger partial charge in [0.25, 0.3) is 0 Å². The molecule has 4 heteroatoms. The van der Waals surface area contributed by atoms with E-state index in [1.807, 2.05) is 48.2 Å². The van der Waals surface area contributed by atoms with Gasteiger partial charge in [-0.1, -0.05) is 31.2 Å². The smallest absolute Gasteiger partial charge is 0.325 e. The van der Waals surface area contributed by atoms with Crippen molar-refractivity contribution in [3.05, 3.63) is 59.0 Å². The van der Waals surface area contributed by atoms with E-state index in [1.54, 1.807) is 0 Å². The number of hydrogen-bond acceptors (Lipinski definition) is 3. The Bertz CT molecular complexity index is 647. The number of benzene rings is 1. The van der Waals surface area contributed by atoms with Crippen molar-refractivity contribution >= 4 is 5.97 Å². The number of rotatable bonds is 4. The number of carboxylic acid groups (broad SMARTS) is 1. The Hall–Kier alpha value is -2.07. The van der Waals surface area contributed by atoms with Gasteiger partial charge in [0.05, 0.1) is 6.54 Å². The maximum absolute atomic E-state index is 11.7. The van der Waals surface area contributed by atoms with E-state index in [0.717, 1.165) is 42.0 Å². The average Bonchev–Trinajstić information content (AvgIpc) is 2.94. The van der Waals surface area contributed by atoms with Crippen LogP contribution in [0, 0.1) is 0 Å². The molecular weight excluding hydrogens is 266 g/mol. The van der Waals surface area contributed by atoms with Crippen molar-refractivity contribution in [3.8, 4) is 0 Å². The van der Waals surface area contributed by atoms with Gasteiger partial charge < -0.3 is 9.52 Å². The molecule has 1 N–H and O–H groups in total. The lowest BCUT2D eigenvalue weighted by molar-refractivity contribution is -0.144. The van der Waals surface area contributed by atoms with Crippen LogP contribution in [-0.2, 0) is 24.2 Å².